The van der Waals surface area contributed by atoms with Gasteiger partial charge in [-0.1, -0.05) is 25.1 Å². The Morgan fingerprint density at radius 2 is 1.72 bits per heavy atom. The highest BCUT2D eigenvalue weighted by Crippen LogP contribution is 2.52. The molecule has 4 heterocycles. The number of benzene rings is 2. The van der Waals surface area contributed by atoms with Gasteiger partial charge in [0.15, 0.2) is 10.6 Å². The van der Waals surface area contributed by atoms with E-state index < -0.39 is 55.1 Å². The second kappa shape index (κ2) is 16.5. The topological polar surface area (TPSA) is 123 Å². The van der Waals surface area contributed by atoms with Crippen molar-refractivity contribution >= 4 is 27.5 Å². The summed E-state index contributed by atoms with van der Waals surface area (Å²) >= 11 is 0. The first kappa shape index (κ1) is 41.5. The quantitative estimate of drug-likeness (QED) is 0.284. The summed E-state index contributed by atoms with van der Waals surface area (Å²) in [6.45, 7) is 7.28. The van der Waals surface area contributed by atoms with Gasteiger partial charge in [0.1, 0.15) is 11.6 Å². The van der Waals surface area contributed by atoms with Gasteiger partial charge in [-0.2, -0.15) is 0 Å². The second-order valence-electron chi connectivity index (χ2n) is 17.0. The van der Waals surface area contributed by atoms with E-state index >= 15 is 13.2 Å². The summed E-state index contributed by atoms with van der Waals surface area (Å²) < 4.78 is 79.3. The number of carbonyl (C=O) groups is 2. The predicted molar refractivity (Wildman–Crippen MR) is 210 cm³/mol. The Hall–Kier alpha value is -3.66. The van der Waals surface area contributed by atoms with Crippen LogP contribution in [0.15, 0.2) is 60.0 Å². The molecule has 2 N–H and O–H groups in total. The maximum Gasteiger partial charge on any atom is 0.407 e. The molecular weight excluding hydrogens is 760 g/mol. The molecule has 4 atom stereocenters. The fourth-order valence-corrected chi connectivity index (χ4v) is 12.2. The molecule has 0 spiro atoms. The van der Waals surface area contributed by atoms with Crippen molar-refractivity contribution in [3.8, 4) is 0 Å². The summed E-state index contributed by atoms with van der Waals surface area (Å²) in [4.78, 5) is 29.5. The molecule has 312 valence electrons. The lowest BCUT2D eigenvalue weighted by Crippen LogP contribution is -2.65. The van der Waals surface area contributed by atoms with Gasteiger partial charge in [0, 0.05) is 31.1 Å². The number of rotatable bonds is 12. The SMILES string of the molecule is C=CC(=O)N1CCCC[C@](O)(S(=O)(=O)c2ccc(N3CC(F)(CN4CCC(C(CN5CCC5)(c5cccc(F)c5)[C@H]5CCC[C@@H]5NC(=O)OC)CC4)C3)c(F)c2)C1. The number of methoxy groups -OCH3 is 1. The molecule has 15 heteroatoms. The number of halogens is 3. The number of β-amino-alcohol motifs (C(OH)–C–C–N with tert-alkyl or cyclic N) is 1. The minimum Gasteiger partial charge on any atom is -0.453 e. The molecule has 11 nitrogen and oxygen atoms in total. The zero-order chi connectivity index (χ0) is 40.6. The number of alkyl halides is 1. The van der Waals surface area contributed by atoms with Crippen LogP contribution in [-0.4, -0.2) is 129 Å². The van der Waals surface area contributed by atoms with Crippen LogP contribution in [0.3, 0.4) is 0 Å². The first-order chi connectivity index (χ1) is 27.2. The van der Waals surface area contributed by atoms with Crippen molar-refractivity contribution in [2.75, 3.05) is 77.5 Å². The molecule has 7 rings (SSSR count). The van der Waals surface area contributed by atoms with Crippen molar-refractivity contribution < 1.29 is 41.0 Å². The third kappa shape index (κ3) is 8.18. The molecule has 2 amide bonds. The van der Waals surface area contributed by atoms with Crippen LogP contribution in [0, 0.1) is 23.5 Å². The number of nitrogens with one attached hydrogen (secondary N) is 1. The number of carbonyl (C=O) groups excluding carboxylic acids is 2. The van der Waals surface area contributed by atoms with Crippen LogP contribution in [0.2, 0.25) is 0 Å². The Bertz CT molecular complexity index is 1920. The number of nitrogens with zero attached hydrogens (tertiary/aromatic N) is 4. The van der Waals surface area contributed by atoms with E-state index in [4.69, 9.17) is 4.74 Å². The number of aliphatic hydroxyl groups is 1. The number of amides is 2. The molecule has 4 aliphatic heterocycles. The summed E-state index contributed by atoms with van der Waals surface area (Å²) in [6.07, 6.45) is 6.65. The first-order valence-electron chi connectivity index (χ1n) is 20.4. The average Bonchev–Trinajstić information content (AvgIpc) is 3.52. The van der Waals surface area contributed by atoms with Gasteiger partial charge < -0.3 is 29.9 Å². The zero-order valence-corrected chi connectivity index (χ0v) is 33.6. The minimum atomic E-state index is -4.47. The Morgan fingerprint density at radius 3 is 2.37 bits per heavy atom. The molecule has 1 unspecified atom stereocenters. The van der Waals surface area contributed by atoms with Gasteiger partial charge in [-0.05, 0) is 131 Å². The molecule has 2 aromatic rings. The Kier molecular flexibility index (Phi) is 12.0. The minimum absolute atomic E-state index is 0.0609. The van der Waals surface area contributed by atoms with Crippen molar-refractivity contribution in [2.24, 2.45) is 11.8 Å². The molecule has 1 aliphatic carbocycles. The number of alkyl carbamates (subject to hydrolysis) is 1. The monoisotopic (exact) mass is 815 g/mol. The van der Waals surface area contributed by atoms with Crippen LogP contribution in [0.1, 0.15) is 63.4 Å². The highest BCUT2D eigenvalue weighted by molar-refractivity contribution is 7.92. The van der Waals surface area contributed by atoms with E-state index in [2.05, 4.69) is 21.7 Å². The van der Waals surface area contributed by atoms with Crippen LogP contribution in [-0.2, 0) is 24.8 Å². The van der Waals surface area contributed by atoms with Gasteiger partial charge >= 0.3 is 6.09 Å². The number of ether oxygens (including phenoxy) is 1. The van der Waals surface area contributed by atoms with Crippen molar-refractivity contribution in [1.82, 2.24) is 20.0 Å². The van der Waals surface area contributed by atoms with E-state index in [-0.39, 0.29) is 62.0 Å². The third-order valence-electron chi connectivity index (χ3n) is 13.5. The third-order valence-corrected chi connectivity index (χ3v) is 15.7. The van der Waals surface area contributed by atoms with Crippen LogP contribution in [0.4, 0.5) is 23.7 Å². The molecule has 5 aliphatic rings. The Morgan fingerprint density at radius 1 is 0.965 bits per heavy atom. The Labute approximate surface area is 334 Å². The molecule has 5 fully saturated rings. The molecule has 4 saturated heterocycles. The summed E-state index contributed by atoms with van der Waals surface area (Å²) in [6, 6.07) is 10.2. The second-order valence-corrected chi connectivity index (χ2v) is 19.2. The molecule has 0 bridgehead atoms. The van der Waals surface area contributed by atoms with Gasteiger partial charge in [-0.15, -0.1) is 0 Å². The standard InChI is InChI=1S/C42H56F3N5O6S/c1-3-38(51)49-20-5-4-17-41(53,28-49)57(54,55)33-13-14-37(35(44)24-33)50-26-40(45,27-50)25-48-21-15-30(16-22-48)42(29-47-18-8-19-47,31-9-6-10-32(43)23-31)34-11-7-12-36(34)46-39(52)56-2/h3,6,9-10,13-14,23-24,30,34,36,53H,1,4-5,7-8,11-12,15-22,25-29H2,2H3,(H,46,52)/t34-,36-,41-,42?/m0/s1. The number of hydrogen-bond donors (Lipinski definition) is 2. The summed E-state index contributed by atoms with van der Waals surface area (Å²) in [7, 11) is -3.10. The van der Waals surface area contributed by atoms with E-state index in [1.54, 1.807) is 17.0 Å². The van der Waals surface area contributed by atoms with E-state index in [1.165, 1.54) is 30.2 Å². The first-order valence-corrected chi connectivity index (χ1v) is 21.9. The van der Waals surface area contributed by atoms with Gasteiger partial charge in [0.25, 0.3) is 0 Å². The Balaban J connectivity index is 1.03. The molecule has 2 aromatic carbocycles. The summed E-state index contributed by atoms with van der Waals surface area (Å²) in [5.74, 6) is -1.40. The highest BCUT2D eigenvalue weighted by atomic mass is 32.2. The molecular formula is C42H56F3N5O6S. The van der Waals surface area contributed by atoms with Crippen molar-refractivity contribution in [3.05, 3.63) is 72.3 Å². The highest BCUT2D eigenvalue weighted by Gasteiger charge is 2.54. The van der Waals surface area contributed by atoms with Crippen molar-refractivity contribution in [2.45, 2.75) is 84.7 Å². The van der Waals surface area contributed by atoms with Gasteiger partial charge in [-0.25, -0.2) is 26.4 Å². The zero-order valence-electron chi connectivity index (χ0n) is 32.8. The van der Waals surface area contributed by atoms with E-state index in [1.807, 2.05) is 6.07 Å². The fourth-order valence-electron chi connectivity index (χ4n) is 10.5. The lowest BCUT2D eigenvalue weighted by molar-refractivity contribution is -0.127. The van der Waals surface area contributed by atoms with Crippen LogP contribution in [0.25, 0.3) is 0 Å². The fraction of sp³-hybridized carbons (Fsp3) is 0.619. The summed E-state index contributed by atoms with van der Waals surface area (Å²) in [5.41, 5.74) is -1.03. The van der Waals surface area contributed by atoms with Gasteiger partial charge in [0.2, 0.25) is 15.7 Å². The van der Waals surface area contributed by atoms with Crippen molar-refractivity contribution in [1.29, 1.82) is 0 Å². The van der Waals surface area contributed by atoms with Gasteiger partial charge in [0.05, 0.1) is 37.3 Å². The number of anilines is 1. The number of likely N-dealkylation sites (tertiary alicyclic amines) is 3. The number of piperidine rings is 1. The normalized spacial score (nSPS) is 27.1. The lowest BCUT2D eigenvalue weighted by atomic mass is 9.57. The van der Waals surface area contributed by atoms with E-state index in [0.29, 0.717) is 25.9 Å². The van der Waals surface area contributed by atoms with Crippen molar-refractivity contribution in [3.63, 3.8) is 0 Å². The molecule has 57 heavy (non-hydrogen) atoms. The lowest BCUT2D eigenvalue weighted by Gasteiger charge is -2.54. The van der Waals surface area contributed by atoms with Crippen LogP contribution in [0.5, 0.6) is 0 Å². The molecule has 1 saturated carbocycles. The maximum absolute atomic E-state index is 16.3. The van der Waals surface area contributed by atoms with E-state index in [0.717, 1.165) is 75.9 Å². The smallest absolute Gasteiger partial charge is 0.407 e. The predicted octanol–water partition coefficient (Wildman–Crippen LogP) is 5.03. The van der Waals surface area contributed by atoms with E-state index in [9.17, 15) is 23.1 Å². The van der Waals surface area contributed by atoms with Gasteiger partial charge in [-0.3, -0.25) is 9.69 Å². The molecule has 0 aromatic heterocycles. The maximum atomic E-state index is 16.3. The molecule has 0 radical (unpaired) electrons. The average molecular weight is 816 g/mol. The summed E-state index contributed by atoms with van der Waals surface area (Å²) in [5, 5.41) is 14.5. The largest absolute Gasteiger partial charge is 0.453 e. The van der Waals surface area contributed by atoms with Crippen LogP contribution < -0.4 is 10.2 Å². The number of sulfone groups is 1. The number of hydrogen-bond acceptors (Lipinski definition) is 9. The van der Waals surface area contributed by atoms with Crippen LogP contribution >= 0.6 is 0 Å².